The summed E-state index contributed by atoms with van der Waals surface area (Å²) in [5, 5.41) is 7.18. The van der Waals surface area contributed by atoms with Crippen molar-refractivity contribution in [3.63, 3.8) is 0 Å². The Balaban J connectivity index is 1.40. The maximum absolute atomic E-state index is 13.7. The van der Waals surface area contributed by atoms with Crippen LogP contribution in [-0.2, 0) is 21.6 Å². The van der Waals surface area contributed by atoms with Gasteiger partial charge < -0.3 is 14.4 Å². The lowest BCUT2D eigenvalue weighted by atomic mass is 9.83. The molecule has 144 valence electrons. The zero-order valence-corrected chi connectivity index (χ0v) is 15.0. The molecule has 1 saturated heterocycles. The van der Waals surface area contributed by atoms with E-state index < -0.39 is 23.3 Å². The smallest absolute Gasteiger partial charge is 0.263 e. The number of H-pyrrole nitrogens is 1. The Kier molecular flexibility index (Phi) is 4.59. The first-order valence-electron chi connectivity index (χ1n) is 9.06. The lowest BCUT2D eigenvalue weighted by molar-refractivity contribution is -0.147. The van der Waals surface area contributed by atoms with Gasteiger partial charge in [0.1, 0.15) is 11.4 Å². The Morgan fingerprint density at radius 1 is 1.37 bits per heavy atom. The summed E-state index contributed by atoms with van der Waals surface area (Å²) in [4.78, 5) is 14.4. The predicted molar refractivity (Wildman–Crippen MR) is 92.2 cm³/mol. The van der Waals surface area contributed by atoms with Gasteiger partial charge >= 0.3 is 0 Å². The molecule has 2 aliphatic rings. The lowest BCUT2D eigenvalue weighted by Crippen LogP contribution is -2.51. The molecule has 8 heteroatoms. The number of fused-ring (bicyclic) bond motifs is 2. The number of hydrogen-bond donors (Lipinski definition) is 1. The van der Waals surface area contributed by atoms with Crippen LogP contribution >= 0.6 is 0 Å². The van der Waals surface area contributed by atoms with E-state index in [1.165, 1.54) is 11.6 Å². The monoisotopic (exact) mass is 377 g/mol. The third-order valence-corrected chi connectivity index (χ3v) is 5.35. The summed E-state index contributed by atoms with van der Waals surface area (Å²) in [5.41, 5.74) is 1.76. The number of rotatable bonds is 3. The number of amides is 1. The molecule has 1 amide bonds. The van der Waals surface area contributed by atoms with Crippen LogP contribution in [0.25, 0.3) is 0 Å². The molecular formula is C19H21F2N3O3. The maximum Gasteiger partial charge on any atom is 0.263 e. The Labute approximate surface area is 155 Å². The van der Waals surface area contributed by atoms with E-state index in [1.807, 2.05) is 6.20 Å². The molecule has 0 aliphatic carbocycles. The highest BCUT2D eigenvalue weighted by molar-refractivity contribution is 5.81. The van der Waals surface area contributed by atoms with Crippen LogP contribution in [0.1, 0.15) is 31.0 Å². The molecule has 6 nitrogen and oxygen atoms in total. The first-order chi connectivity index (χ1) is 13.0. The second kappa shape index (κ2) is 6.92. The quantitative estimate of drug-likeness (QED) is 0.893. The van der Waals surface area contributed by atoms with Gasteiger partial charge in [0.2, 0.25) is 0 Å². The van der Waals surface area contributed by atoms with E-state index >= 15 is 0 Å². The summed E-state index contributed by atoms with van der Waals surface area (Å²) >= 11 is 0. The summed E-state index contributed by atoms with van der Waals surface area (Å²) in [5.74, 6) is -1.88. The predicted octanol–water partition coefficient (Wildman–Crippen LogP) is 2.55. The summed E-state index contributed by atoms with van der Waals surface area (Å²) in [6, 6.07) is 3.03. The molecule has 1 atom stereocenters. The zero-order chi connectivity index (χ0) is 19.0. The number of piperidine rings is 1. The van der Waals surface area contributed by atoms with Crippen molar-refractivity contribution in [2.45, 2.75) is 37.9 Å². The second-order valence-electron chi connectivity index (χ2n) is 7.02. The van der Waals surface area contributed by atoms with Gasteiger partial charge in [-0.2, -0.15) is 5.10 Å². The molecule has 1 unspecified atom stereocenters. The number of carbonyl (C=O) groups excluding carboxylic acids is 1. The van der Waals surface area contributed by atoms with Crippen LogP contribution in [0.5, 0.6) is 5.75 Å². The van der Waals surface area contributed by atoms with E-state index in [0.29, 0.717) is 32.5 Å². The average molecular weight is 377 g/mol. The minimum Gasteiger partial charge on any atom is -0.478 e. The molecule has 1 N–H and O–H groups in total. The van der Waals surface area contributed by atoms with E-state index in [4.69, 9.17) is 9.47 Å². The number of benzene rings is 1. The van der Waals surface area contributed by atoms with Gasteiger partial charge in [-0.05, 0) is 43.9 Å². The van der Waals surface area contributed by atoms with Crippen LogP contribution in [0, 0.1) is 11.6 Å². The number of aromatic amines is 1. The van der Waals surface area contributed by atoms with Gasteiger partial charge in [0.05, 0.1) is 18.5 Å². The van der Waals surface area contributed by atoms with Crippen molar-refractivity contribution >= 4 is 5.91 Å². The molecule has 0 radical (unpaired) electrons. The first kappa shape index (κ1) is 17.9. The Morgan fingerprint density at radius 2 is 2.15 bits per heavy atom. The SMILES string of the molecule is CC(Oc1ccc(F)cc1F)C(=O)N1CCC2(CC1)OCCc1cn[nH]c12. The van der Waals surface area contributed by atoms with Crippen molar-refractivity contribution in [1.29, 1.82) is 0 Å². The molecule has 3 heterocycles. The third-order valence-electron chi connectivity index (χ3n) is 5.35. The maximum atomic E-state index is 13.7. The van der Waals surface area contributed by atoms with Crippen molar-refractivity contribution in [2.75, 3.05) is 19.7 Å². The summed E-state index contributed by atoms with van der Waals surface area (Å²) in [7, 11) is 0. The molecule has 1 spiro atoms. The fourth-order valence-electron chi connectivity index (χ4n) is 3.88. The van der Waals surface area contributed by atoms with Gasteiger partial charge in [0, 0.05) is 19.2 Å². The van der Waals surface area contributed by atoms with Gasteiger partial charge in [-0.25, -0.2) is 8.78 Å². The molecule has 0 saturated carbocycles. The summed E-state index contributed by atoms with van der Waals surface area (Å²) in [6.07, 6.45) is 3.13. The molecule has 2 aliphatic heterocycles. The first-order valence-corrected chi connectivity index (χ1v) is 9.06. The van der Waals surface area contributed by atoms with Crippen LogP contribution in [0.15, 0.2) is 24.4 Å². The van der Waals surface area contributed by atoms with Gasteiger partial charge in [0.25, 0.3) is 5.91 Å². The molecule has 1 fully saturated rings. The van der Waals surface area contributed by atoms with Crippen LogP contribution < -0.4 is 4.74 Å². The Morgan fingerprint density at radius 3 is 2.89 bits per heavy atom. The van der Waals surface area contributed by atoms with E-state index in [2.05, 4.69) is 10.2 Å². The molecule has 4 rings (SSSR count). The van der Waals surface area contributed by atoms with Crippen LogP contribution in [-0.4, -0.2) is 46.8 Å². The van der Waals surface area contributed by atoms with Crippen molar-refractivity contribution in [1.82, 2.24) is 15.1 Å². The highest BCUT2D eigenvalue weighted by Gasteiger charge is 2.43. The van der Waals surface area contributed by atoms with E-state index in [9.17, 15) is 13.6 Å². The number of nitrogens with zero attached hydrogens (tertiary/aromatic N) is 2. The number of nitrogens with one attached hydrogen (secondary N) is 1. The molecule has 2 aromatic rings. The minimum absolute atomic E-state index is 0.136. The molecular weight excluding hydrogens is 356 g/mol. The van der Waals surface area contributed by atoms with Gasteiger partial charge in [-0.3, -0.25) is 9.89 Å². The van der Waals surface area contributed by atoms with E-state index in [0.717, 1.165) is 24.2 Å². The average Bonchev–Trinajstić information content (AvgIpc) is 3.15. The van der Waals surface area contributed by atoms with Crippen molar-refractivity contribution in [3.05, 3.63) is 47.3 Å². The normalized spacial score (nSPS) is 19.6. The van der Waals surface area contributed by atoms with Gasteiger partial charge in [0.15, 0.2) is 17.7 Å². The van der Waals surface area contributed by atoms with Crippen molar-refractivity contribution in [3.8, 4) is 5.75 Å². The molecule has 27 heavy (non-hydrogen) atoms. The number of carbonyl (C=O) groups is 1. The van der Waals surface area contributed by atoms with Crippen LogP contribution in [0.2, 0.25) is 0 Å². The fourth-order valence-corrected chi connectivity index (χ4v) is 3.88. The molecule has 0 bridgehead atoms. The molecule has 1 aromatic carbocycles. The highest BCUT2D eigenvalue weighted by Crippen LogP contribution is 2.40. The van der Waals surface area contributed by atoms with Gasteiger partial charge in [-0.15, -0.1) is 0 Å². The lowest BCUT2D eigenvalue weighted by Gasteiger charge is -2.43. The Hall–Kier alpha value is -2.48. The largest absolute Gasteiger partial charge is 0.478 e. The third kappa shape index (κ3) is 3.29. The number of aromatic nitrogens is 2. The summed E-state index contributed by atoms with van der Waals surface area (Å²) < 4.78 is 38.2. The van der Waals surface area contributed by atoms with Crippen molar-refractivity contribution in [2.24, 2.45) is 0 Å². The number of halogens is 2. The molecule has 1 aromatic heterocycles. The van der Waals surface area contributed by atoms with Crippen LogP contribution in [0.4, 0.5) is 8.78 Å². The second-order valence-corrected chi connectivity index (χ2v) is 7.02. The fraction of sp³-hybridized carbons (Fsp3) is 0.474. The zero-order valence-electron chi connectivity index (χ0n) is 15.0. The van der Waals surface area contributed by atoms with E-state index in [1.54, 1.807) is 11.8 Å². The highest BCUT2D eigenvalue weighted by atomic mass is 19.1. The van der Waals surface area contributed by atoms with Gasteiger partial charge in [-0.1, -0.05) is 0 Å². The van der Waals surface area contributed by atoms with E-state index in [-0.39, 0.29) is 11.7 Å². The summed E-state index contributed by atoms with van der Waals surface area (Å²) in [6.45, 7) is 3.23. The number of ether oxygens (including phenoxy) is 2. The topological polar surface area (TPSA) is 67.4 Å². The van der Waals surface area contributed by atoms with Crippen molar-refractivity contribution < 1.29 is 23.0 Å². The standard InChI is InChI=1S/C19H21F2N3O3/c1-12(27-16-3-2-14(20)10-15(16)21)18(25)24-7-5-19(6-8-24)17-13(4-9-26-19)11-22-23-17/h2-3,10-12H,4-9H2,1H3,(H,22,23). The number of hydrogen-bond acceptors (Lipinski definition) is 4. The minimum atomic E-state index is -0.867. The number of likely N-dealkylation sites (tertiary alicyclic amines) is 1. The van der Waals surface area contributed by atoms with Crippen LogP contribution in [0.3, 0.4) is 0 Å². The Bertz CT molecular complexity index is 846.